The minimum absolute atomic E-state index is 0.188. The fraction of sp³-hybridized carbons (Fsp3) is 0.102. The summed E-state index contributed by atoms with van der Waals surface area (Å²) in [4.78, 5) is 0. The number of fused-ring (bicyclic) bond motifs is 6. The van der Waals surface area contributed by atoms with Crippen LogP contribution in [0.1, 0.15) is 33.7 Å². The predicted octanol–water partition coefficient (Wildman–Crippen LogP) is 13.0. The fourth-order valence-electron chi connectivity index (χ4n) is 7.62. The summed E-state index contributed by atoms with van der Waals surface area (Å²) in [5, 5.41) is 13.9. The molecule has 1 heterocycles. The number of ether oxygens (including phenoxy) is 6. The van der Waals surface area contributed by atoms with Crippen molar-refractivity contribution in [3.8, 4) is 63.2 Å². The standard InChI is InChI=1S/C49H38O7/c1-29-25-33(26-30(2)49(29)55-39-17-13-36(52-4)14-18-39)46-47-42-21-19-40(53-37-9-7-34(50)8-10-37)27-31(42)5-23-44(47)56-45-24-6-32-28-41(20-22-43(32)48(45)46)54-38-15-11-35(51-3)12-16-38/h5-28,46,50H,1-4H3. The molecule has 0 saturated heterocycles. The minimum atomic E-state index is -0.189. The van der Waals surface area contributed by atoms with E-state index in [1.54, 1.807) is 38.5 Å². The normalized spacial score (nSPS) is 13.0. The zero-order valence-electron chi connectivity index (χ0n) is 31.3. The maximum Gasteiger partial charge on any atom is 0.133 e. The maximum absolute atomic E-state index is 9.77. The van der Waals surface area contributed by atoms with E-state index < -0.39 is 0 Å². The molecule has 0 radical (unpaired) electrons. The second-order valence-electron chi connectivity index (χ2n) is 13.9. The maximum atomic E-state index is 9.77. The summed E-state index contributed by atoms with van der Waals surface area (Å²) >= 11 is 0. The molecule has 0 spiro atoms. The number of phenols is 1. The Labute approximate surface area is 324 Å². The SMILES string of the molecule is COc1ccc(Oc2ccc3c4c(ccc3c2)Oc2ccc3cc(Oc5ccc(O)cc5)ccc3c2C4c2cc(C)c(Oc3ccc(OC)cc3)c(C)c2)cc1. The van der Waals surface area contributed by atoms with Crippen LogP contribution in [0, 0.1) is 13.8 Å². The first-order valence-electron chi connectivity index (χ1n) is 18.4. The van der Waals surface area contributed by atoms with Crippen LogP contribution in [0.3, 0.4) is 0 Å². The van der Waals surface area contributed by atoms with Gasteiger partial charge in [-0.15, -0.1) is 0 Å². The van der Waals surface area contributed by atoms with Gasteiger partial charge in [-0.3, -0.25) is 0 Å². The first-order chi connectivity index (χ1) is 27.3. The summed E-state index contributed by atoms with van der Waals surface area (Å²) in [6.07, 6.45) is 0. The highest BCUT2D eigenvalue weighted by molar-refractivity contribution is 5.96. The number of rotatable bonds is 9. The Kier molecular flexibility index (Phi) is 8.82. The Bertz CT molecular complexity index is 2710. The molecule has 0 aromatic heterocycles. The molecule has 7 heteroatoms. The molecule has 8 aromatic rings. The van der Waals surface area contributed by atoms with Gasteiger partial charge in [0, 0.05) is 17.0 Å². The van der Waals surface area contributed by atoms with Crippen LogP contribution in [-0.2, 0) is 0 Å². The average Bonchev–Trinajstić information content (AvgIpc) is 3.22. The van der Waals surface area contributed by atoms with Crippen LogP contribution in [0.25, 0.3) is 21.5 Å². The van der Waals surface area contributed by atoms with Crippen LogP contribution in [0.2, 0.25) is 0 Å². The summed E-state index contributed by atoms with van der Waals surface area (Å²) in [6.45, 7) is 4.19. The largest absolute Gasteiger partial charge is 0.508 e. The van der Waals surface area contributed by atoms with Crippen LogP contribution < -0.4 is 28.4 Å². The van der Waals surface area contributed by atoms with Crippen LogP contribution in [0.15, 0.2) is 146 Å². The molecule has 0 saturated carbocycles. The monoisotopic (exact) mass is 738 g/mol. The van der Waals surface area contributed by atoms with E-state index in [9.17, 15) is 5.11 Å². The van der Waals surface area contributed by atoms with Gasteiger partial charge in [-0.25, -0.2) is 0 Å². The van der Waals surface area contributed by atoms with Gasteiger partial charge in [-0.2, -0.15) is 0 Å². The van der Waals surface area contributed by atoms with Crippen molar-refractivity contribution in [1.82, 2.24) is 0 Å². The zero-order valence-corrected chi connectivity index (χ0v) is 31.3. The molecule has 7 nitrogen and oxygen atoms in total. The van der Waals surface area contributed by atoms with Gasteiger partial charge in [-0.05, 0) is 161 Å². The molecule has 56 heavy (non-hydrogen) atoms. The molecular formula is C49H38O7. The van der Waals surface area contributed by atoms with Gasteiger partial charge in [0.2, 0.25) is 0 Å². The molecule has 1 atom stereocenters. The van der Waals surface area contributed by atoms with Crippen molar-refractivity contribution in [2.45, 2.75) is 19.8 Å². The van der Waals surface area contributed by atoms with E-state index >= 15 is 0 Å². The molecule has 8 aromatic carbocycles. The molecule has 1 N–H and O–H groups in total. The Hall–Kier alpha value is -7.12. The lowest BCUT2D eigenvalue weighted by molar-refractivity contribution is 0.412. The third-order valence-corrected chi connectivity index (χ3v) is 10.2. The van der Waals surface area contributed by atoms with Crippen molar-refractivity contribution >= 4 is 21.5 Å². The van der Waals surface area contributed by atoms with Gasteiger partial charge < -0.3 is 33.5 Å². The summed E-state index contributed by atoms with van der Waals surface area (Å²) in [6, 6.07) is 47.0. The van der Waals surface area contributed by atoms with Crippen molar-refractivity contribution in [2.75, 3.05) is 14.2 Å². The molecule has 0 bridgehead atoms. The Morgan fingerprint density at radius 3 is 1.32 bits per heavy atom. The highest BCUT2D eigenvalue weighted by Gasteiger charge is 2.33. The number of benzene rings is 8. The van der Waals surface area contributed by atoms with Gasteiger partial charge >= 0.3 is 0 Å². The Balaban J connectivity index is 1.17. The van der Waals surface area contributed by atoms with Crippen LogP contribution >= 0.6 is 0 Å². The summed E-state index contributed by atoms with van der Waals surface area (Å²) < 4.78 is 36.4. The number of hydrogen-bond acceptors (Lipinski definition) is 7. The molecule has 9 rings (SSSR count). The van der Waals surface area contributed by atoms with Gasteiger partial charge in [0.25, 0.3) is 0 Å². The van der Waals surface area contributed by atoms with Gasteiger partial charge in [0.15, 0.2) is 0 Å². The van der Waals surface area contributed by atoms with Crippen molar-refractivity contribution < 1.29 is 33.5 Å². The minimum Gasteiger partial charge on any atom is -0.508 e. The lowest BCUT2D eigenvalue weighted by atomic mass is 9.77. The third-order valence-electron chi connectivity index (χ3n) is 10.2. The van der Waals surface area contributed by atoms with Crippen molar-refractivity contribution in [3.05, 3.63) is 173 Å². The van der Waals surface area contributed by atoms with E-state index in [0.29, 0.717) is 11.5 Å². The zero-order chi connectivity index (χ0) is 38.3. The van der Waals surface area contributed by atoms with E-state index in [2.05, 4.69) is 68.4 Å². The second kappa shape index (κ2) is 14.3. The molecule has 0 fully saturated rings. The van der Waals surface area contributed by atoms with Gasteiger partial charge in [0.05, 0.1) is 14.2 Å². The lowest BCUT2D eigenvalue weighted by Gasteiger charge is -2.32. The van der Waals surface area contributed by atoms with E-state index in [4.69, 9.17) is 28.4 Å². The van der Waals surface area contributed by atoms with E-state index in [0.717, 1.165) is 95.4 Å². The second-order valence-corrected chi connectivity index (χ2v) is 13.9. The predicted molar refractivity (Wildman–Crippen MR) is 219 cm³/mol. The number of hydrogen-bond donors (Lipinski definition) is 1. The first-order valence-corrected chi connectivity index (χ1v) is 18.4. The Morgan fingerprint density at radius 1 is 0.446 bits per heavy atom. The summed E-state index contributed by atoms with van der Waals surface area (Å²) in [5.41, 5.74) is 5.30. The molecule has 1 aliphatic rings. The fourth-order valence-corrected chi connectivity index (χ4v) is 7.62. The highest BCUT2D eigenvalue weighted by Crippen LogP contribution is 2.53. The van der Waals surface area contributed by atoms with Crippen molar-refractivity contribution in [3.63, 3.8) is 0 Å². The van der Waals surface area contributed by atoms with E-state index in [-0.39, 0.29) is 11.7 Å². The molecule has 276 valence electrons. The topological polar surface area (TPSA) is 75.6 Å². The number of aryl methyl sites for hydroxylation is 2. The number of aromatic hydroxyl groups is 1. The van der Waals surface area contributed by atoms with Crippen molar-refractivity contribution in [1.29, 1.82) is 0 Å². The number of methoxy groups -OCH3 is 2. The van der Waals surface area contributed by atoms with Gasteiger partial charge in [0.1, 0.15) is 63.2 Å². The van der Waals surface area contributed by atoms with E-state index in [1.807, 2.05) is 66.7 Å². The molecule has 1 unspecified atom stereocenters. The molecule has 0 aliphatic carbocycles. The van der Waals surface area contributed by atoms with Crippen LogP contribution in [-0.4, -0.2) is 19.3 Å². The third kappa shape index (κ3) is 6.54. The van der Waals surface area contributed by atoms with Crippen molar-refractivity contribution in [2.24, 2.45) is 0 Å². The van der Waals surface area contributed by atoms with Crippen LogP contribution in [0.4, 0.5) is 0 Å². The molecule has 0 amide bonds. The lowest BCUT2D eigenvalue weighted by Crippen LogP contribution is -2.13. The number of phenolic OH excluding ortho intramolecular Hbond substituents is 1. The summed E-state index contributed by atoms with van der Waals surface area (Å²) in [5.74, 6) is 7.49. The molecule has 1 aliphatic heterocycles. The highest BCUT2D eigenvalue weighted by atomic mass is 16.5. The Morgan fingerprint density at radius 2 is 0.857 bits per heavy atom. The summed E-state index contributed by atoms with van der Waals surface area (Å²) in [7, 11) is 3.30. The van der Waals surface area contributed by atoms with Crippen LogP contribution in [0.5, 0.6) is 63.2 Å². The van der Waals surface area contributed by atoms with E-state index in [1.165, 1.54) is 0 Å². The van der Waals surface area contributed by atoms with Gasteiger partial charge in [-0.1, -0.05) is 36.4 Å². The first kappa shape index (κ1) is 34.6. The average molecular weight is 739 g/mol. The smallest absolute Gasteiger partial charge is 0.133 e. The molecular weight excluding hydrogens is 701 g/mol. The quantitative estimate of drug-likeness (QED) is 0.158.